The molecule has 1 amide bonds. The minimum Gasteiger partial charge on any atom is -0.383 e. The largest absolute Gasteiger partial charge is 0.383 e. The molecule has 0 spiro atoms. The highest BCUT2D eigenvalue weighted by atomic mass is 35.5. The first kappa shape index (κ1) is 21.6. The summed E-state index contributed by atoms with van der Waals surface area (Å²) in [7, 11) is 1.62. The van der Waals surface area contributed by atoms with Gasteiger partial charge in [-0.05, 0) is 25.0 Å². The van der Waals surface area contributed by atoms with Crippen molar-refractivity contribution in [3.05, 3.63) is 52.0 Å². The van der Waals surface area contributed by atoms with Gasteiger partial charge in [-0.1, -0.05) is 43.6 Å². The van der Waals surface area contributed by atoms with Gasteiger partial charge in [-0.2, -0.15) is 0 Å². The van der Waals surface area contributed by atoms with E-state index in [9.17, 15) is 4.79 Å². The normalized spacial score (nSPS) is 11.2. The van der Waals surface area contributed by atoms with E-state index in [1.54, 1.807) is 18.4 Å². The highest BCUT2D eigenvalue weighted by molar-refractivity contribution is 7.13. The van der Waals surface area contributed by atoms with E-state index < -0.39 is 0 Å². The molecule has 1 aromatic carbocycles. The summed E-state index contributed by atoms with van der Waals surface area (Å²) in [5, 5.41) is 6.48. The van der Waals surface area contributed by atoms with E-state index in [0.717, 1.165) is 34.2 Å². The van der Waals surface area contributed by atoms with Gasteiger partial charge in [0.1, 0.15) is 5.01 Å². The number of benzene rings is 1. The Morgan fingerprint density at radius 3 is 2.79 bits per heavy atom. The van der Waals surface area contributed by atoms with Crippen molar-refractivity contribution in [3.63, 3.8) is 0 Å². The zero-order chi connectivity index (χ0) is 21.0. The molecular weight excluding hydrogens is 406 g/mol. The predicted molar refractivity (Wildman–Crippen MR) is 120 cm³/mol. The molecule has 0 aliphatic heterocycles. The molecule has 154 valence electrons. The minimum absolute atomic E-state index is 0.0927. The number of hydrogen-bond donors (Lipinski definition) is 1. The Balaban J connectivity index is 1.99. The molecule has 2 aromatic heterocycles. The molecule has 0 saturated carbocycles. The second-order valence-corrected chi connectivity index (χ2v) is 8.56. The number of aromatic nitrogens is 2. The van der Waals surface area contributed by atoms with Crippen LogP contribution in [0.5, 0.6) is 0 Å². The zero-order valence-corrected chi connectivity index (χ0v) is 18.7. The van der Waals surface area contributed by atoms with Gasteiger partial charge in [0.25, 0.3) is 5.91 Å². The lowest BCUT2D eigenvalue weighted by molar-refractivity contribution is 0.0936. The number of rotatable bonds is 8. The number of halogens is 1. The Morgan fingerprint density at radius 1 is 1.34 bits per heavy atom. The monoisotopic (exact) mass is 431 g/mol. The Morgan fingerprint density at radius 2 is 2.10 bits per heavy atom. The minimum atomic E-state index is -0.0927. The third-order valence-corrected chi connectivity index (χ3v) is 5.83. The van der Waals surface area contributed by atoms with Crippen LogP contribution in [0.3, 0.4) is 0 Å². The van der Waals surface area contributed by atoms with Crippen LogP contribution in [0.4, 0.5) is 0 Å². The van der Waals surface area contributed by atoms with Crippen LogP contribution < -0.4 is 5.32 Å². The molecule has 0 fully saturated rings. The lowest BCUT2D eigenvalue weighted by Gasteiger charge is -2.13. The molecule has 29 heavy (non-hydrogen) atoms. The number of carbonyl (C=O) groups excluding carboxylic acids is 1. The Bertz CT molecular complexity index is 994. The molecule has 0 atom stereocenters. The van der Waals surface area contributed by atoms with Crippen molar-refractivity contribution >= 4 is 28.8 Å². The molecule has 0 aliphatic rings. The second-order valence-electron chi connectivity index (χ2n) is 7.30. The van der Waals surface area contributed by atoms with E-state index in [1.807, 2.05) is 42.6 Å². The van der Waals surface area contributed by atoms with Crippen molar-refractivity contribution in [1.29, 1.82) is 0 Å². The summed E-state index contributed by atoms with van der Waals surface area (Å²) in [6.45, 7) is 8.09. The number of carbonyl (C=O) groups is 1. The summed E-state index contributed by atoms with van der Waals surface area (Å²) in [6.07, 6.45) is 0. The zero-order valence-electron chi connectivity index (χ0n) is 17.2. The van der Waals surface area contributed by atoms with Crippen molar-refractivity contribution in [2.45, 2.75) is 27.3 Å². The standard InChI is InChI=1S/C22H26ClN3O2S/c1-14(2)12-26-15(3)17(21(27)24-9-10-28-4)11-20(26)19-13-29-22(25-19)16-7-5-6-8-18(16)23/h5-8,11,13-14H,9-10,12H2,1-4H3,(H,24,27). The average Bonchev–Trinajstić information content (AvgIpc) is 3.28. The van der Waals surface area contributed by atoms with Gasteiger partial charge in [0.05, 0.1) is 28.6 Å². The first-order chi connectivity index (χ1) is 13.9. The van der Waals surface area contributed by atoms with E-state index in [1.165, 1.54) is 0 Å². The van der Waals surface area contributed by atoms with Gasteiger partial charge in [0.2, 0.25) is 0 Å². The number of amides is 1. The Kier molecular flexibility index (Phi) is 7.11. The van der Waals surface area contributed by atoms with Gasteiger partial charge in [-0.15, -0.1) is 11.3 Å². The number of nitrogens with one attached hydrogen (secondary N) is 1. The lowest BCUT2D eigenvalue weighted by Crippen LogP contribution is -2.27. The molecule has 3 aromatic rings. The Hall–Kier alpha value is -2.15. The molecule has 0 bridgehead atoms. The van der Waals surface area contributed by atoms with E-state index in [-0.39, 0.29) is 5.91 Å². The molecule has 0 aliphatic carbocycles. The highest BCUT2D eigenvalue weighted by Crippen LogP contribution is 2.34. The average molecular weight is 432 g/mol. The van der Waals surface area contributed by atoms with Crippen molar-refractivity contribution < 1.29 is 9.53 Å². The third kappa shape index (κ3) is 4.89. The van der Waals surface area contributed by atoms with Crippen LogP contribution in [0.15, 0.2) is 35.7 Å². The van der Waals surface area contributed by atoms with E-state index >= 15 is 0 Å². The molecule has 3 rings (SSSR count). The summed E-state index contributed by atoms with van der Waals surface area (Å²) in [4.78, 5) is 17.5. The third-order valence-electron chi connectivity index (χ3n) is 4.62. The fourth-order valence-corrected chi connectivity index (χ4v) is 4.33. The number of thiazole rings is 1. The maximum atomic E-state index is 12.7. The molecule has 7 heteroatoms. The van der Waals surface area contributed by atoms with Gasteiger partial charge in [-0.25, -0.2) is 4.98 Å². The quantitative estimate of drug-likeness (QED) is 0.494. The summed E-state index contributed by atoms with van der Waals surface area (Å²) in [5.41, 5.74) is 4.33. The van der Waals surface area contributed by atoms with Crippen LogP contribution in [0.2, 0.25) is 5.02 Å². The van der Waals surface area contributed by atoms with Crippen LogP contribution >= 0.6 is 22.9 Å². The predicted octanol–water partition coefficient (Wildman–Crippen LogP) is 5.27. The smallest absolute Gasteiger partial charge is 0.253 e. The Labute approximate surface area is 180 Å². The summed E-state index contributed by atoms with van der Waals surface area (Å²) < 4.78 is 7.21. The van der Waals surface area contributed by atoms with Gasteiger partial charge < -0.3 is 14.6 Å². The van der Waals surface area contributed by atoms with Crippen LogP contribution in [-0.4, -0.2) is 35.7 Å². The first-order valence-corrected chi connectivity index (χ1v) is 10.9. The number of nitrogens with zero attached hydrogens (tertiary/aromatic N) is 2. The van der Waals surface area contributed by atoms with Gasteiger partial charge in [0, 0.05) is 36.8 Å². The van der Waals surface area contributed by atoms with Gasteiger partial charge in [0.15, 0.2) is 0 Å². The fourth-order valence-electron chi connectivity index (χ4n) is 3.20. The SMILES string of the molecule is COCCNC(=O)c1cc(-c2csc(-c3ccccc3Cl)n2)n(CC(C)C)c1C. The van der Waals surface area contributed by atoms with E-state index in [2.05, 4.69) is 23.7 Å². The lowest BCUT2D eigenvalue weighted by atomic mass is 10.2. The molecule has 2 heterocycles. The molecule has 5 nitrogen and oxygen atoms in total. The first-order valence-electron chi connectivity index (χ1n) is 9.60. The van der Waals surface area contributed by atoms with E-state index in [4.69, 9.17) is 21.3 Å². The second kappa shape index (κ2) is 9.57. The van der Waals surface area contributed by atoms with Crippen LogP contribution in [-0.2, 0) is 11.3 Å². The highest BCUT2D eigenvalue weighted by Gasteiger charge is 2.21. The van der Waals surface area contributed by atoms with Crippen LogP contribution in [0, 0.1) is 12.8 Å². The van der Waals surface area contributed by atoms with Crippen LogP contribution in [0.25, 0.3) is 22.0 Å². The van der Waals surface area contributed by atoms with Crippen molar-refractivity contribution in [2.75, 3.05) is 20.3 Å². The molecule has 0 unspecified atom stereocenters. The maximum Gasteiger partial charge on any atom is 0.253 e. The van der Waals surface area contributed by atoms with Crippen LogP contribution in [0.1, 0.15) is 29.9 Å². The number of methoxy groups -OCH3 is 1. The van der Waals surface area contributed by atoms with Crippen molar-refractivity contribution in [1.82, 2.24) is 14.9 Å². The fraction of sp³-hybridized carbons (Fsp3) is 0.364. The van der Waals surface area contributed by atoms with Gasteiger partial charge >= 0.3 is 0 Å². The molecule has 0 radical (unpaired) electrons. The van der Waals surface area contributed by atoms with E-state index in [0.29, 0.717) is 29.7 Å². The maximum absolute atomic E-state index is 12.7. The molecule has 0 saturated heterocycles. The summed E-state index contributed by atoms with van der Waals surface area (Å²) in [6, 6.07) is 9.64. The number of hydrogen-bond acceptors (Lipinski definition) is 4. The molecular formula is C22H26ClN3O2S. The van der Waals surface area contributed by atoms with Crippen molar-refractivity contribution in [3.8, 4) is 22.0 Å². The van der Waals surface area contributed by atoms with Gasteiger partial charge in [-0.3, -0.25) is 4.79 Å². The topological polar surface area (TPSA) is 56.1 Å². The molecule has 1 N–H and O–H groups in total. The van der Waals surface area contributed by atoms with Crippen molar-refractivity contribution in [2.24, 2.45) is 5.92 Å². The summed E-state index contributed by atoms with van der Waals surface area (Å²) in [5.74, 6) is 0.343. The number of ether oxygens (including phenoxy) is 1. The summed E-state index contributed by atoms with van der Waals surface area (Å²) >= 11 is 7.90.